The Bertz CT molecular complexity index is 438. The summed E-state index contributed by atoms with van der Waals surface area (Å²) in [6.07, 6.45) is 0. The average molecular weight is 276 g/mol. The number of carbonyl (C=O) groups excluding carboxylic acids is 1. The number of benzene rings is 1. The highest BCUT2D eigenvalue weighted by Gasteiger charge is 2.11. The predicted molar refractivity (Wildman–Crippen MR) is 65.5 cm³/mol. The lowest BCUT2D eigenvalue weighted by Gasteiger charge is -2.03. The largest absolute Gasteiger partial charge is 0.465 e. The molecule has 1 rings (SSSR count). The fourth-order valence-electron chi connectivity index (χ4n) is 1.06. The Labute approximate surface area is 107 Å². The zero-order valence-corrected chi connectivity index (χ0v) is 10.6. The van der Waals surface area contributed by atoms with Gasteiger partial charge in [-0.2, -0.15) is 0 Å². The Balaban J connectivity index is 2.66. The van der Waals surface area contributed by atoms with Crippen molar-refractivity contribution in [2.75, 3.05) is 12.4 Å². The number of non-ortho nitro benzene ring substituents is 1. The molecule has 0 unspecified atom stereocenters. The zero-order chi connectivity index (χ0) is 12.8. The summed E-state index contributed by atoms with van der Waals surface area (Å²) in [5.74, 6) is -0.210. The lowest BCUT2D eigenvalue weighted by atomic mass is 10.3. The van der Waals surface area contributed by atoms with E-state index in [1.807, 2.05) is 0 Å². The van der Waals surface area contributed by atoms with E-state index in [2.05, 4.69) is 0 Å². The molecule has 0 heterocycles. The number of esters is 1. The molecular weight excluding hydrogens is 266 g/mol. The molecule has 0 radical (unpaired) electrons. The molecular formula is C10H10ClNO4S. The Morgan fingerprint density at radius 2 is 2.29 bits per heavy atom. The van der Waals surface area contributed by atoms with Gasteiger partial charge >= 0.3 is 5.97 Å². The summed E-state index contributed by atoms with van der Waals surface area (Å²) in [7, 11) is 0. The van der Waals surface area contributed by atoms with Gasteiger partial charge in [0.15, 0.2) is 0 Å². The SMILES string of the molecule is CCOC(=O)CSc1ccc([N+](=O)[O-])cc1Cl. The maximum atomic E-state index is 11.1. The molecule has 0 spiro atoms. The summed E-state index contributed by atoms with van der Waals surface area (Å²) >= 11 is 7.04. The van der Waals surface area contributed by atoms with Gasteiger partial charge in [-0.1, -0.05) is 11.6 Å². The van der Waals surface area contributed by atoms with Gasteiger partial charge in [0.2, 0.25) is 0 Å². The first-order chi connectivity index (χ1) is 8.04. The molecule has 0 aliphatic heterocycles. The molecule has 0 aromatic heterocycles. The third kappa shape index (κ3) is 4.24. The Morgan fingerprint density at radius 1 is 1.59 bits per heavy atom. The molecule has 1 aromatic rings. The highest BCUT2D eigenvalue weighted by Crippen LogP contribution is 2.30. The topological polar surface area (TPSA) is 69.4 Å². The summed E-state index contributed by atoms with van der Waals surface area (Å²) in [6, 6.07) is 4.12. The number of thioether (sulfide) groups is 1. The molecule has 17 heavy (non-hydrogen) atoms. The minimum absolute atomic E-state index is 0.0736. The second-order valence-electron chi connectivity index (χ2n) is 2.97. The lowest BCUT2D eigenvalue weighted by molar-refractivity contribution is -0.384. The van der Waals surface area contributed by atoms with Gasteiger partial charge in [-0.3, -0.25) is 14.9 Å². The minimum atomic E-state index is -0.522. The number of nitrogens with zero attached hydrogens (tertiary/aromatic N) is 1. The fraction of sp³-hybridized carbons (Fsp3) is 0.300. The second-order valence-corrected chi connectivity index (χ2v) is 4.39. The number of ether oxygens (including phenoxy) is 1. The molecule has 0 atom stereocenters. The van der Waals surface area contributed by atoms with Gasteiger partial charge in [0.25, 0.3) is 5.69 Å². The third-order valence-electron chi connectivity index (χ3n) is 1.78. The third-order valence-corrected chi connectivity index (χ3v) is 3.25. The average Bonchev–Trinajstić information content (AvgIpc) is 2.27. The lowest BCUT2D eigenvalue weighted by Crippen LogP contribution is -2.06. The summed E-state index contributed by atoms with van der Waals surface area (Å²) in [6.45, 7) is 2.05. The predicted octanol–water partition coefficient (Wildman–Crippen LogP) is 2.90. The van der Waals surface area contributed by atoms with Crippen LogP contribution in [0.1, 0.15) is 6.92 Å². The molecule has 7 heteroatoms. The van der Waals surface area contributed by atoms with Gasteiger partial charge in [-0.05, 0) is 13.0 Å². The van der Waals surface area contributed by atoms with E-state index >= 15 is 0 Å². The summed E-state index contributed by atoms with van der Waals surface area (Å²) in [4.78, 5) is 21.7. The van der Waals surface area contributed by atoms with Crippen molar-refractivity contribution in [3.8, 4) is 0 Å². The number of nitro benzene ring substituents is 1. The first kappa shape index (κ1) is 13.8. The van der Waals surface area contributed by atoms with Crippen LogP contribution in [0.2, 0.25) is 5.02 Å². The van der Waals surface area contributed by atoms with Gasteiger partial charge < -0.3 is 4.74 Å². The Hall–Kier alpha value is -1.27. The molecule has 0 aliphatic rings. The van der Waals surface area contributed by atoms with Crippen molar-refractivity contribution in [3.63, 3.8) is 0 Å². The maximum Gasteiger partial charge on any atom is 0.316 e. The van der Waals surface area contributed by atoms with E-state index in [4.69, 9.17) is 16.3 Å². The number of hydrogen-bond acceptors (Lipinski definition) is 5. The van der Waals surface area contributed by atoms with Crippen LogP contribution in [0.5, 0.6) is 0 Å². The molecule has 0 bridgehead atoms. The van der Waals surface area contributed by atoms with Gasteiger partial charge in [0.1, 0.15) is 0 Å². The minimum Gasteiger partial charge on any atom is -0.465 e. The molecule has 1 aromatic carbocycles. The number of hydrogen-bond donors (Lipinski definition) is 0. The van der Waals surface area contributed by atoms with E-state index in [-0.39, 0.29) is 22.4 Å². The van der Waals surface area contributed by atoms with E-state index in [1.165, 1.54) is 30.0 Å². The molecule has 0 saturated carbocycles. The first-order valence-electron chi connectivity index (χ1n) is 4.77. The van der Waals surface area contributed by atoms with Gasteiger partial charge in [0.05, 0.1) is 22.3 Å². The molecule has 0 aliphatic carbocycles. The van der Waals surface area contributed by atoms with Crippen molar-refractivity contribution in [3.05, 3.63) is 33.3 Å². The summed E-state index contributed by atoms with van der Waals surface area (Å²) in [5, 5.41) is 10.7. The molecule has 0 fully saturated rings. The van der Waals surface area contributed by atoms with Crippen LogP contribution in [-0.4, -0.2) is 23.3 Å². The highest BCUT2D eigenvalue weighted by molar-refractivity contribution is 8.00. The Morgan fingerprint density at radius 3 is 2.82 bits per heavy atom. The quantitative estimate of drug-likeness (QED) is 0.358. The van der Waals surface area contributed by atoms with Crippen molar-refractivity contribution in [1.29, 1.82) is 0 Å². The number of halogens is 1. The second kappa shape index (κ2) is 6.46. The first-order valence-corrected chi connectivity index (χ1v) is 6.13. The van der Waals surface area contributed by atoms with Gasteiger partial charge in [0, 0.05) is 17.0 Å². The van der Waals surface area contributed by atoms with Crippen LogP contribution in [0.3, 0.4) is 0 Å². The molecule has 5 nitrogen and oxygen atoms in total. The van der Waals surface area contributed by atoms with Crippen molar-refractivity contribution in [2.24, 2.45) is 0 Å². The molecule has 92 valence electrons. The number of rotatable bonds is 5. The van der Waals surface area contributed by atoms with Crippen LogP contribution in [-0.2, 0) is 9.53 Å². The molecule has 0 N–H and O–H groups in total. The molecule has 0 amide bonds. The van der Waals surface area contributed by atoms with Crippen LogP contribution in [0.4, 0.5) is 5.69 Å². The molecule has 0 saturated heterocycles. The van der Waals surface area contributed by atoms with E-state index in [9.17, 15) is 14.9 Å². The van der Waals surface area contributed by atoms with E-state index in [0.29, 0.717) is 11.5 Å². The van der Waals surface area contributed by atoms with Crippen LogP contribution >= 0.6 is 23.4 Å². The Kier molecular flexibility index (Phi) is 5.24. The van der Waals surface area contributed by atoms with Crippen molar-refractivity contribution in [1.82, 2.24) is 0 Å². The normalized spacial score (nSPS) is 10.0. The van der Waals surface area contributed by atoms with Gasteiger partial charge in [-0.15, -0.1) is 11.8 Å². The maximum absolute atomic E-state index is 11.1. The van der Waals surface area contributed by atoms with Crippen LogP contribution in [0.15, 0.2) is 23.1 Å². The van der Waals surface area contributed by atoms with Gasteiger partial charge in [-0.25, -0.2) is 0 Å². The number of carbonyl (C=O) groups is 1. The fourth-order valence-corrected chi connectivity index (χ4v) is 2.12. The van der Waals surface area contributed by atoms with Crippen LogP contribution in [0.25, 0.3) is 0 Å². The monoisotopic (exact) mass is 275 g/mol. The summed E-state index contributed by atoms with van der Waals surface area (Å²) < 4.78 is 4.75. The van der Waals surface area contributed by atoms with Crippen molar-refractivity contribution < 1.29 is 14.5 Å². The highest BCUT2D eigenvalue weighted by atomic mass is 35.5. The number of nitro groups is 1. The van der Waals surface area contributed by atoms with Crippen molar-refractivity contribution in [2.45, 2.75) is 11.8 Å². The zero-order valence-electron chi connectivity index (χ0n) is 9.01. The van der Waals surface area contributed by atoms with Crippen LogP contribution in [0, 0.1) is 10.1 Å². The van der Waals surface area contributed by atoms with E-state index < -0.39 is 4.92 Å². The standard InChI is InChI=1S/C10H10ClNO4S/c1-2-16-10(13)6-17-9-4-3-7(12(14)15)5-8(9)11/h3-5H,2,6H2,1H3. The van der Waals surface area contributed by atoms with E-state index in [0.717, 1.165) is 0 Å². The van der Waals surface area contributed by atoms with Crippen LogP contribution < -0.4 is 0 Å². The van der Waals surface area contributed by atoms with E-state index in [1.54, 1.807) is 6.92 Å². The summed E-state index contributed by atoms with van der Waals surface area (Å²) in [5.41, 5.74) is -0.0736. The van der Waals surface area contributed by atoms with Crippen molar-refractivity contribution >= 4 is 35.0 Å². The smallest absolute Gasteiger partial charge is 0.316 e.